The molecule has 0 N–H and O–H groups in total. The Kier molecular flexibility index (Phi) is 8.06. The lowest BCUT2D eigenvalue weighted by molar-refractivity contribution is 0.287. The van der Waals surface area contributed by atoms with Gasteiger partial charge in [0.05, 0.1) is 10.7 Å². The lowest BCUT2D eigenvalue weighted by atomic mass is 10.0. The summed E-state index contributed by atoms with van der Waals surface area (Å²) in [6.07, 6.45) is 0.686. The third-order valence-corrected chi connectivity index (χ3v) is 13.8. The lowest BCUT2D eigenvalue weighted by Gasteiger charge is -2.42. The zero-order chi connectivity index (χ0) is 27.9. The summed E-state index contributed by atoms with van der Waals surface area (Å²) in [4.78, 5) is 16.9. The molecule has 1 aliphatic heterocycles. The van der Waals surface area contributed by atoms with E-state index in [1.54, 1.807) is 0 Å². The minimum Gasteiger partial charge on any atom is -0.416 e. The highest BCUT2D eigenvalue weighted by atomic mass is 35.5. The van der Waals surface area contributed by atoms with Crippen LogP contribution < -0.4 is 5.76 Å². The van der Waals surface area contributed by atoms with Crippen LogP contribution in [0.1, 0.15) is 53.5 Å². The Morgan fingerprint density at radius 3 is 2.32 bits per heavy atom. The van der Waals surface area contributed by atoms with Gasteiger partial charge in [0.15, 0.2) is 25.8 Å². The zero-order valence-electron chi connectivity index (χ0n) is 22.2. The lowest BCUT2D eigenvalue weighted by Crippen LogP contribution is -2.48. The van der Waals surface area contributed by atoms with Gasteiger partial charge >= 0.3 is 5.76 Å². The van der Waals surface area contributed by atoms with Crippen molar-refractivity contribution >= 4 is 31.3 Å². The molecule has 6 nitrogen and oxygen atoms in total. The minimum atomic E-state index is -2.10. The van der Waals surface area contributed by atoms with Gasteiger partial charge in [-0.2, -0.15) is 0 Å². The molecular weight excluding hydrogens is 535 g/mol. The molecule has 0 saturated carbocycles. The van der Waals surface area contributed by atoms with Crippen molar-refractivity contribution < 1.29 is 22.1 Å². The normalized spacial score (nSPS) is 13.7. The average Bonchev–Trinajstić information content (AvgIpc) is 3.44. The van der Waals surface area contributed by atoms with Crippen LogP contribution in [-0.2, 0) is 10.8 Å². The van der Waals surface area contributed by atoms with Crippen molar-refractivity contribution in [1.82, 2.24) is 9.72 Å². The second-order valence-electron chi connectivity index (χ2n) is 10.5. The van der Waals surface area contributed by atoms with Crippen molar-refractivity contribution in [3.8, 4) is 17.1 Å². The number of aromatic nitrogens is 2. The van der Waals surface area contributed by atoms with E-state index in [2.05, 4.69) is 51.7 Å². The van der Waals surface area contributed by atoms with Gasteiger partial charge in [-0.3, -0.25) is 9.52 Å². The van der Waals surface area contributed by atoms with Gasteiger partial charge in [0.1, 0.15) is 11.5 Å². The van der Waals surface area contributed by atoms with Gasteiger partial charge in [0.25, 0.3) is 0 Å². The molecule has 0 saturated heterocycles. The fourth-order valence-electron chi connectivity index (χ4n) is 5.81. The molecule has 4 rings (SSSR count). The van der Waals surface area contributed by atoms with Gasteiger partial charge in [-0.25, -0.2) is 22.5 Å². The Labute approximate surface area is 225 Å². The summed E-state index contributed by atoms with van der Waals surface area (Å²) in [5, 5.41) is 3.60. The third kappa shape index (κ3) is 4.89. The Morgan fingerprint density at radius 2 is 1.71 bits per heavy atom. The van der Waals surface area contributed by atoms with Crippen molar-refractivity contribution in [2.75, 3.05) is 6.61 Å². The minimum absolute atomic E-state index is 0.0635. The van der Waals surface area contributed by atoms with Crippen LogP contribution >= 0.6 is 11.6 Å². The molecule has 2 heterocycles. The van der Waals surface area contributed by atoms with Crippen LogP contribution in [0.4, 0.5) is 18.9 Å². The molecule has 0 amide bonds. The SMILES string of the molecule is CC(C)[Si](OCCC1=Nc2c(F)c(F)cc(-c3noc(=O)n3-c3ccc(F)c(Cl)c3)c2C1)(C(C)C)C(C)C. The van der Waals surface area contributed by atoms with E-state index in [9.17, 15) is 18.0 Å². The van der Waals surface area contributed by atoms with Gasteiger partial charge in [0, 0.05) is 30.7 Å². The van der Waals surface area contributed by atoms with Crippen molar-refractivity contribution in [1.29, 1.82) is 0 Å². The maximum atomic E-state index is 14.8. The molecule has 0 unspecified atom stereocenters. The fourth-order valence-corrected chi connectivity index (χ4v) is 11.4. The largest absolute Gasteiger partial charge is 0.446 e. The Morgan fingerprint density at radius 1 is 1.05 bits per heavy atom. The first-order valence-corrected chi connectivity index (χ1v) is 15.2. The Bertz CT molecular complexity index is 1430. The Hall–Kier alpha value is -2.69. The molecule has 0 bridgehead atoms. The van der Waals surface area contributed by atoms with Gasteiger partial charge in [0.2, 0.25) is 0 Å². The van der Waals surface area contributed by atoms with Crippen LogP contribution in [0, 0.1) is 17.5 Å². The van der Waals surface area contributed by atoms with Crippen LogP contribution in [0.15, 0.2) is 38.6 Å². The number of fused-ring (bicyclic) bond motifs is 1. The standard InChI is InChI=1S/C27H31ClF3N3O3Si/c1-14(2)38(15(3)4,16(5)6)36-10-9-17-11-19-20(13-23(30)24(31)25(19)32-17)26-33-37-27(35)34(26)18-7-8-22(29)21(28)12-18/h7-8,12-16H,9-11H2,1-6H3. The molecule has 11 heteroatoms. The van der Waals surface area contributed by atoms with E-state index in [0.717, 1.165) is 16.7 Å². The van der Waals surface area contributed by atoms with Crippen LogP contribution in [0.5, 0.6) is 0 Å². The first-order valence-electron chi connectivity index (χ1n) is 12.6. The summed E-state index contributed by atoms with van der Waals surface area (Å²) in [5.41, 5.74) is 2.45. The van der Waals surface area contributed by atoms with E-state index in [0.29, 0.717) is 40.9 Å². The van der Waals surface area contributed by atoms with E-state index in [-0.39, 0.29) is 34.2 Å². The van der Waals surface area contributed by atoms with Crippen LogP contribution in [0.3, 0.4) is 0 Å². The predicted molar refractivity (Wildman–Crippen MR) is 145 cm³/mol. The van der Waals surface area contributed by atoms with Gasteiger partial charge in [-0.15, -0.1) is 0 Å². The first-order chi connectivity index (χ1) is 17.9. The molecule has 0 fully saturated rings. The number of hydrogen-bond acceptors (Lipinski definition) is 5. The van der Waals surface area contributed by atoms with Gasteiger partial charge in [-0.1, -0.05) is 58.3 Å². The van der Waals surface area contributed by atoms with Crippen LogP contribution in [-0.4, -0.2) is 30.4 Å². The molecule has 2 aromatic carbocycles. The van der Waals surface area contributed by atoms with Gasteiger partial charge in [-0.05, 0) is 46.5 Å². The van der Waals surface area contributed by atoms with Crippen molar-refractivity contribution in [2.45, 2.75) is 71.0 Å². The summed E-state index contributed by atoms with van der Waals surface area (Å²) in [6.45, 7) is 13.6. The molecule has 0 spiro atoms. The molecule has 38 heavy (non-hydrogen) atoms. The molecule has 204 valence electrons. The second kappa shape index (κ2) is 10.8. The molecule has 3 aromatic rings. The highest BCUT2D eigenvalue weighted by Gasteiger charge is 2.45. The number of rotatable bonds is 9. The van der Waals surface area contributed by atoms with Crippen molar-refractivity contribution in [2.24, 2.45) is 4.99 Å². The highest BCUT2D eigenvalue weighted by Crippen LogP contribution is 2.43. The summed E-state index contributed by atoms with van der Waals surface area (Å²) < 4.78 is 55.8. The average molecular weight is 566 g/mol. The number of benzene rings is 2. The van der Waals surface area contributed by atoms with Crippen LogP contribution in [0.2, 0.25) is 21.6 Å². The molecule has 1 aromatic heterocycles. The van der Waals surface area contributed by atoms with E-state index in [1.807, 2.05) is 0 Å². The van der Waals surface area contributed by atoms with E-state index < -0.39 is 31.5 Å². The predicted octanol–water partition coefficient (Wildman–Crippen LogP) is 7.77. The van der Waals surface area contributed by atoms with E-state index >= 15 is 0 Å². The molecule has 1 aliphatic rings. The second-order valence-corrected chi connectivity index (χ2v) is 16.4. The maximum Gasteiger partial charge on any atom is 0.446 e. The topological polar surface area (TPSA) is 69.6 Å². The van der Waals surface area contributed by atoms with E-state index in [1.165, 1.54) is 12.1 Å². The van der Waals surface area contributed by atoms with Crippen molar-refractivity contribution in [3.05, 3.63) is 62.9 Å². The quantitative estimate of drug-likeness (QED) is 0.248. The maximum absolute atomic E-state index is 14.8. The molecule has 0 radical (unpaired) electrons. The summed E-state index contributed by atoms with van der Waals surface area (Å²) in [5.74, 6) is -3.82. The molecule has 0 atom stereocenters. The van der Waals surface area contributed by atoms with E-state index in [4.69, 9.17) is 20.6 Å². The first kappa shape index (κ1) is 28.3. The molecule has 0 aliphatic carbocycles. The smallest absolute Gasteiger partial charge is 0.416 e. The number of hydrogen-bond donors (Lipinski definition) is 0. The highest BCUT2D eigenvalue weighted by molar-refractivity contribution is 6.77. The fraction of sp³-hybridized carbons (Fsp3) is 0.444. The van der Waals surface area contributed by atoms with Crippen molar-refractivity contribution in [3.63, 3.8) is 0 Å². The number of halogens is 4. The van der Waals surface area contributed by atoms with Crippen LogP contribution in [0.25, 0.3) is 17.1 Å². The number of aliphatic imine (C=N–C) groups is 1. The Balaban J connectivity index is 1.66. The monoisotopic (exact) mass is 565 g/mol. The molecular formula is C27H31ClF3N3O3Si. The summed E-state index contributed by atoms with van der Waals surface area (Å²) in [7, 11) is -2.10. The van der Waals surface area contributed by atoms with Gasteiger partial charge < -0.3 is 4.43 Å². The number of nitrogens with zero attached hydrogens (tertiary/aromatic N) is 3. The summed E-state index contributed by atoms with van der Waals surface area (Å²) >= 11 is 5.90. The zero-order valence-corrected chi connectivity index (χ0v) is 24.0. The third-order valence-electron chi connectivity index (χ3n) is 7.41. The summed E-state index contributed by atoms with van der Waals surface area (Å²) in [6, 6.07) is 4.60.